The highest BCUT2D eigenvalue weighted by atomic mass is 16.5. The first-order valence-corrected chi connectivity index (χ1v) is 8.42. The van der Waals surface area contributed by atoms with Crippen LogP contribution in [0.25, 0.3) is 11.0 Å². The first kappa shape index (κ1) is 15.3. The largest absolute Gasteiger partial charge is 0.478 e. The number of β-amino-alcohol motifs (C(OH)–C–C–N with tert-alkyl or cyclic N) is 1. The topological polar surface area (TPSA) is 80.0 Å². The number of fused-ring (bicyclic) bond motifs is 6. The van der Waals surface area contributed by atoms with Gasteiger partial charge in [-0.1, -0.05) is 24.3 Å². The van der Waals surface area contributed by atoms with Gasteiger partial charge in [-0.3, -0.25) is 14.5 Å². The van der Waals surface area contributed by atoms with Gasteiger partial charge in [0, 0.05) is 29.6 Å². The number of carbonyl (C=O) groups is 2. The van der Waals surface area contributed by atoms with Gasteiger partial charge in [-0.2, -0.15) is 0 Å². The van der Waals surface area contributed by atoms with Crippen molar-refractivity contribution in [3.05, 3.63) is 64.4 Å². The highest BCUT2D eigenvalue weighted by molar-refractivity contribution is 6.31. The third-order valence-electron chi connectivity index (χ3n) is 4.97. The summed E-state index contributed by atoms with van der Waals surface area (Å²) in [6.45, 7) is 1.40. The number of hydrogen-bond acceptors (Lipinski definition) is 6. The summed E-state index contributed by atoms with van der Waals surface area (Å²) in [5.41, 5.74) is 2.40. The summed E-state index contributed by atoms with van der Waals surface area (Å²) in [6.07, 6.45) is 0. The van der Waals surface area contributed by atoms with E-state index >= 15 is 0 Å². The van der Waals surface area contributed by atoms with Crippen LogP contribution in [-0.4, -0.2) is 41.5 Å². The van der Waals surface area contributed by atoms with Gasteiger partial charge in [-0.15, -0.1) is 0 Å². The Bertz CT molecular complexity index is 1080. The maximum atomic E-state index is 13.0. The van der Waals surface area contributed by atoms with Gasteiger partial charge in [-0.25, -0.2) is 0 Å². The van der Waals surface area contributed by atoms with Crippen LogP contribution in [0.3, 0.4) is 0 Å². The fourth-order valence-electron chi connectivity index (χ4n) is 3.72. The molecule has 3 aromatic rings. The molecule has 0 bridgehead atoms. The summed E-state index contributed by atoms with van der Waals surface area (Å²) in [5, 5.41) is 9.80. The molecule has 0 spiro atoms. The number of ether oxygens (including phenoxy) is 1. The monoisotopic (exact) mass is 349 g/mol. The molecule has 0 radical (unpaired) electrons. The maximum Gasteiger partial charge on any atom is 0.229 e. The summed E-state index contributed by atoms with van der Waals surface area (Å²) in [6, 6.07) is 10.4. The van der Waals surface area contributed by atoms with E-state index < -0.39 is 0 Å². The van der Waals surface area contributed by atoms with Crippen molar-refractivity contribution in [2.75, 3.05) is 19.9 Å². The summed E-state index contributed by atoms with van der Waals surface area (Å²) in [5.74, 6) is 0.300. The van der Waals surface area contributed by atoms with E-state index in [0.717, 1.165) is 5.56 Å². The number of nitrogens with zero attached hydrogens (tertiary/aromatic N) is 1. The van der Waals surface area contributed by atoms with Gasteiger partial charge in [0.15, 0.2) is 11.5 Å². The molecule has 2 aromatic carbocycles. The molecule has 6 heteroatoms. The third kappa shape index (κ3) is 2.00. The number of ketones is 2. The second kappa shape index (κ2) is 5.52. The van der Waals surface area contributed by atoms with Gasteiger partial charge in [0.25, 0.3) is 0 Å². The minimum atomic E-state index is -0.274. The highest BCUT2D eigenvalue weighted by Crippen LogP contribution is 2.40. The molecule has 1 aliphatic heterocycles. The van der Waals surface area contributed by atoms with Crippen molar-refractivity contribution in [1.29, 1.82) is 0 Å². The minimum absolute atomic E-state index is 0.0234. The van der Waals surface area contributed by atoms with E-state index in [4.69, 9.17) is 9.15 Å². The molecule has 1 aromatic heterocycles. The summed E-state index contributed by atoms with van der Waals surface area (Å²) in [4.78, 5) is 27.7. The Hall–Kier alpha value is -2.96. The summed E-state index contributed by atoms with van der Waals surface area (Å²) in [7, 11) is 0. The molecule has 0 atom stereocenters. The standard InChI is InChI=1S/C20H15NO5/c22-8-7-21-9-14-15(25-10-21)6-5-13-16-17(23)11-3-1-2-4-12(11)18(24)20(16)26-19(13)14/h1-6,22H,7-10H2. The molecule has 26 heavy (non-hydrogen) atoms. The lowest BCUT2D eigenvalue weighted by molar-refractivity contribution is 0.0774. The first-order chi connectivity index (χ1) is 12.7. The average Bonchev–Trinajstić information content (AvgIpc) is 3.07. The van der Waals surface area contributed by atoms with Crippen LogP contribution in [0.1, 0.15) is 37.6 Å². The number of benzene rings is 2. The summed E-state index contributed by atoms with van der Waals surface area (Å²) < 4.78 is 11.6. The predicted octanol–water partition coefficient (Wildman–Crippen LogP) is 2.35. The Kier molecular flexibility index (Phi) is 3.25. The summed E-state index contributed by atoms with van der Waals surface area (Å²) >= 11 is 0. The second-order valence-electron chi connectivity index (χ2n) is 6.48. The lowest BCUT2D eigenvalue weighted by Crippen LogP contribution is -2.34. The number of aliphatic hydroxyl groups excluding tert-OH is 1. The van der Waals surface area contributed by atoms with Crippen molar-refractivity contribution in [3.63, 3.8) is 0 Å². The van der Waals surface area contributed by atoms with Crippen molar-refractivity contribution in [2.45, 2.75) is 6.54 Å². The van der Waals surface area contributed by atoms with Crippen molar-refractivity contribution in [1.82, 2.24) is 4.90 Å². The Labute approximate surface area is 148 Å². The lowest BCUT2D eigenvalue weighted by atomic mass is 9.87. The Balaban J connectivity index is 1.73. The number of rotatable bonds is 2. The van der Waals surface area contributed by atoms with Gasteiger partial charge >= 0.3 is 0 Å². The molecule has 0 fully saturated rings. The lowest BCUT2D eigenvalue weighted by Gasteiger charge is -2.28. The van der Waals surface area contributed by atoms with E-state index in [0.29, 0.717) is 53.2 Å². The smallest absolute Gasteiger partial charge is 0.229 e. The molecule has 2 aliphatic rings. The second-order valence-corrected chi connectivity index (χ2v) is 6.48. The Morgan fingerprint density at radius 2 is 1.81 bits per heavy atom. The van der Waals surface area contributed by atoms with Gasteiger partial charge < -0.3 is 14.3 Å². The minimum Gasteiger partial charge on any atom is -0.478 e. The van der Waals surface area contributed by atoms with Crippen LogP contribution in [0, 0.1) is 0 Å². The molecule has 1 aliphatic carbocycles. The third-order valence-corrected chi connectivity index (χ3v) is 4.97. The van der Waals surface area contributed by atoms with Crippen molar-refractivity contribution in [3.8, 4) is 5.75 Å². The number of carbonyl (C=O) groups excluding carboxylic acids is 2. The van der Waals surface area contributed by atoms with Crippen LogP contribution in [0.5, 0.6) is 5.75 Å². The fraction of sp³-hybridized carbons (Fsp3) is 0.200. The molecule has 130 valence electrons. The van der Waals surface area contributed by atoms with E-state index in [9.17, 15) is 14.7 Å². The zero-order valence-electron chi connectivity index (χ0n) is 13.8. The molecule has 0 saturated heterocycles. The molecule has 0 saturated carbocycles. The van der Waals surface area contributed by atoms with Crippen LogP contribution in [0.2, 0.25) is 0 Å². The molecule has 6 nitrogen and oxygen atoms in total. The van der Waals surface area contributed by atoms with Gasteiger partial charge in [0.1, 0.15) is 18.1 Å². The van der Waals surface area contributed by atoms with Crippen molar-refractivity contribution >= 4 is 22.5 Å². The van der Waals surface area contributed by atoms with Crippen LogP contribution in [-0.2, 0) is 6.54 Å². The molecule has 5 rings (SSSR count). The van der Waals surface area contributed by atoms with E-state index in [-0.39, 0.29) is 23.9 Å². The van der Waals surface area contributed by atoms with Gasteiger partial charge in [0.2, 0.25) is 5.78 Å². The van der Waals surface area contributed by atoms with E-state index in [2.05, 4.69) is 0 Å². The number of hydrogen-bond donors (Lipinski definition) is 1. The van der Waals surface area contributed by atoms with E-state index in [1.807, 2.05) is 11.0 Å². The molecule has 1 N–H and O–H groups in total. The molecular weight excluding hydrogens is 334 g/mol. The molecule has 0 unspecified atom stereocenters. The normalized spacial score (nSPS) is 16.2. The van der Waals surface area contributed by atoms with Crippen molar-refractivity contribution in [2.24, 2.45) is 0 Å². The van der Waals surface area contributed by atoms with Crippen LogP contribution in [0.15, 0.2) is 40.8 Å². The number of aliphatic hydroxyl groups is 1. The predicted molar refractivity (Wildman–Crippen MR) is 92.5 cm³/mol. The Morgan fingerprint density at radius 3 is 2.58 bits per heavy atom. The number of furan rings is 1. The SMILES string of the molecule is O=C1c2ccccc2C(=O)c2c1oc1c3c(ccc21)OCN(CCO)C3. The maximum absolute atomic E-state index is 13.0. The van der Waals surface area contributed by atoms with Crippen LogP contribution in [0.4, 0.5) is 0 Å². The zero-order chi connectivity index (χ0) is 17.8. The first-order valence-electron chi connectivity index (χ1n) is 8.42. The van der Waals surface area contributed by atoms with Crippen LogP contribution < -0.4 is 4.74 Å². The quantitative estimate of drug-likeness (QED) is 0.598. The molecule has 2 heterocycles. The molecular formula is C20H15NO5. The van der Waals surface area contributed by atoms with E-state index in [1.54, 1.807) is 30.3 Å². The van der Waals surface area contributed by atoms with Crippen molar-refractivity contribution < 1.29 is 23.8 Å². The zero-order valence-corrected chi connectivity index (χ0v) is 13.8. The van der Waals surface area contributed by atoms with E-state index in [1.165, 1.54) is 0 Å². The van der Waals surface area contributed by atoms with Gasteiger partial charge in [0.05, 0.1) is 17.7 Å². The average molecular weight is 349 g/mol. The van der Waals surface area contributed by atoms with Crippen LogP contribution >= 0.6 is 0 Å². The van der Waals surface area contributed by atoms with Gasteiger partial charge in [-0.05, 0) is 12.1 Å². The molecule has 0 amide bonds. The fourth-order valence-corrected chi connectivity index (χ4v) is 3.72. The Morgan fingerprint density at radius 1 is 1.04 bits per heavy atom. The highest BCUT2D eigenvalue weighted by Gasteiger charge is 2.36.